The van der Waals surface area contributed by atoms with Crippen LogP contribution in [0.2, 0.25) is 0 Å². The van der Waals surface area contributed by atoms with Gasteiger partial charge in [0.25, 0.3) is 0 Å². The molecule has 2 rings (SSSR count). The summed E-state index contributed by atoms with van der Waals surface area (Å²) in [5.41, 5.74) is 0.966. The van der Waals surface area contributed by atoms with E-state index in [-0.39, 0.29) is 6.04 Å². The van der Waals surface area contributed by atoms with Crippen molar-refractivity contribution in [2.75, 3.05) is 33.7 Å². The average Bonchev–Trinajstić information content (AvgIpc) is 2.75. The van der Waals surface area contributed by atoms with Crippen molar-refractivity contribution >= 4 is 10.0 Å². The zero-order chi connectivity index (χ0) is 14.9. The summed E-state index contributed by atoms with van der Waals surface area (Å²) in [6.07, 6.45) is 1.70. The zero-order valence-corrected chi connectivity index (χ0v) is 13.4. The third-order valence-electron chi connectivity index (χ3n) is 4.00. The lowest BCUT2D eigenvalue weighted by atomic mass is 10.2. The van der Waals surface area contributed by atoms with Crippen LogP contribution in [0.3, 0.4) is 0 Å². The third-order valence-corrected chi connectivity index (χ3v) is 5.83. The first-order valence-electron chi connectivity index (χ1n) is 6.86. The number of aryl methyl sites for hydroxylation is 1. The first kappa shape index (κ1) is 15.5. The van der Waals surface area contributed by atoms with Crippen molar-refractivity contribution in [2.45, 2.75) is 24.4 Å². The highest BCUT2D eigenvalue weighted by Crippen LogP contribution is 2.21. The topological polar surface area (TPSA) is 57.6 Å². The van der Waals surface area contributed by atoms with E-state index in [0.29, 0.717) is 24.5 Å². The maximum atomic E-state index is 12.7. The molecule has 1 unspecified atom stereocenters. The second kappa shape index (κ2) is 5.85. The molecule has 1 N–H and O–H groups in total. The van der Waals surface area contributed by atoms with Crippen LogP contribution in [0.25, 0.3) is 0 Å². The molecule has 0 saturated carbocycles. The molecule has 0 radical (unpaired) electrons. The van der Waals surface area contributed by atoms with E-state index in [1.807, 2.05) is 25.7 Å². The summed E-state index contributed by atoms with van der Waals surface area (Å²) < 4.78 is 28.8. The standard InChI is InChI=1S/C13H24N4O2S/c1-11-9-17(6-5-15(11)3)20(18,19)13-7-12(8-14-2)16(4)10-13/h7,10-11,14H,5-6,8-9H2,1-4H3. The van der Waals surface area contributed by atoms with E-state index < -0.39 is 10.0 Å². The van der Waals surface area contributed by atoms with E-state index >= 15 is 0 Å². The summed E-state index contributed by atoms with van der Waals surface area (Å²) in [6, 6.07) is 2.01. The molecule has 2 heterocycles. The number of sulfonamides is 1. The fourth-order valence-electron chi connectivity index (χ4n) is 2.46. The Morgan fingerprint density at radius 3 is 2.65 bits per heavy atom. The molecule has 1 aromatic rings. The fraction of sp³-hybridized carbons (Fsp3) is 0.692. The van der Waals surface area contributed by atoms with E-state index in [1.54, 1.807) is 16.6 Å². The Hall–Kier alpha value is -0.890. The lowest BCUT2D eigenvalue weighted by Gasteiger charge is -2.36. The highest BCUT2D eigenvalue weighted by molar-refractivity contribution is 7.89. The Morgan fingerprint density at radius 2 is 2.05 bits per heavy atom. The second-order valence-corrected chi connectivity index (χ2v) is 7.44. The smallest absolute Gasteiger partial charge is 0.244 e. The van der Waals surface area contributed by atoms with Gasteiger partial charge in [-0.25, -0.2) is 8.42 Å². The summed E-state index contributed by atoms with van der Waals surface area (Å²) in [5, 5.41) is 3.05. The summed E-state index contributed by atoms with van der Waals surface area (Å²) >= 11 is 0. The van der Waals surface area contributed by atoms with Crippen LogP contribution < -0.4 is 5.32 Å². The van der Waals surface area contributed by atoms with Gasteiger partial charge in [-0.15, -0.1) is 0 Å². The number of likely N-dealkylation sites (N-methyl/N-ethyl adjacent to an activating group) is 1. The van der Waals surface area contributed by atoms with Gasteiger partial charge < -0.3 is 14.8 Å². The minimum absolute atomic E-state index is 0.249. The number of hydrogen-bond donors (Lipinski definition) is 1. The van der Waals surface area contributed by atoms with Gasteiger partial charge in [0.05, 0.1) is 0 Å². The molecule has 1 saturated heterocycles. The Balaban J connectivity index is 2.24. The molecule has 0 amide bonds. The van der Waals surface area contributed by atoms with Crippen LogP contribution in [0.15, 0.2) is 17.2 Å². The Labute approximate surface area is 121 Å². The van der Waals surface area contributed by atoms with Gasteiger partial charge in [-0.05, 0) is 27.1 Å². The van der Waals surface area contributed by atoms with Crippen molar-refractivity contribution in [3.63, 3.8) is 0 Å². The van der Waals surface area contributed by atoms with E-state index in [2.05, 4.69) is 17.1 Å². The Kier molecular flexibility index (Phi) is 4.53. The predicted octanol–water partition coefficient (Wildman–Crippen LogP) is 0.0691. The van der Waals surface area contributed by atoms with Gasteiger partial charge in [-0.1, -0.05) is 0 Å². The maximum absolute atomic E-state index is 12.7. The van der Waals surface area contributed by atoms with Crippen LogP contribution in [0.4, 0.5) is 0 Å². The van der Waals surface area contributed by atoms with Gasteiger partial charge >= 0.3 is 0 Å². The van der Waals surface area contributed by atoms with Gasteiger partial charge in [-0.2, -0.15) is 4.31 Å². The lowest BCUT2D eigenvalue weighted by molar-refractivity contribution is 0.159. The molecule has 7 heteroatoms. The molecule has 0 aliphatic carbocycles. The Bertz CT molecular complexity index is 567. The summed E-state index contributed by atoms with van der Waals surface area (Å²) in [7, 11) is 2.37. The molecule has 1 atom stereocenters. The van der Waals surface area contributed by atoms with Crippen molar-refractivity contribution in [3.05, 3.63) is 18.0 Å². The highest BCUT2D eigenvalue weighted by atomic mass is 32.2. The monoisotopic (exact) mass is 300 g/mol. The molecule has 6 nitrogen and oxygen atoms in total. The minimum atomic E-state index is -3.38. The molecule has 114 valence electrons. The van der Waals surface area contributed by atoms with E-state index in [1.165, 1.54) is 0 Å². The molecule has 20 heavy (non-hydrogen) atoms. The molecular weight excluding hydrogens is 276 g/mol. The first-order valence-corrected chi connectivity index (χ1v) is 8.30. The number of rotatable bonds is 4. The molecule has 1 aliphatic heterocycles. The average molecular weight is 300 g/mol. The number of nitrogens with one attached hydrogen (secondary N) is 1. The zero-order valence-electron chi connectivity index (χ0n) is 12.6. The molecule has 0 spiro atoms. The molecule has 1 fully saturated rings. The quantitative estimate of drug-likeness (QED) is 0.855. The fourth-order valence-corrected chi connectivity index (χ4v) is 4.07. The largest absolute Gasteiger partial charge is 0.352 e. The minimum Gasteiger partial charge on any atom is -0.352 e. The molecule has 0 bridgehead atoms. The van der Waals surface area contributed by atoms with Crippen molar-refractivity contribution in [1.82, 2.24) is 19.1 Å². The van der Waals surface area contributed by atoms with Gasteiger partial charge in [0.15, 0.2) is 0 Å². The van der Waals surface area contributed by atoms with Crippen molar-refractivity contribution in [3.8, 4) is 0 Å². The number of piperazine rings is 1. The number of hydrogen-bond acceptors (Lipinski definition) is 4. The van der Waals surface area contributed by atoms with Crippen molar-refractivity contribution in [2.24, 2.45) is 7.05 Å². The number of aromatic nitrogens is 1. The van der Waals surface area contributed by atoms with Crippen LogP contribution in [0.5, 0.6) is 0 Å². The predicted molar refractivity (Wildman–Crippen MR) is 79.0 cm³/mol. The van der Waals surface area contributed by atoms with E-state index in [4.69, 9.17) is 0 Å². The third kappa shape index (κ3) is 2.90. The summed E-state index contributed by atoms with van der Waals surface area (Å²) in [4.78, 5) is 2.57. The van der Waals surface area contributed by atoms with Gasteiger partial charge in [0.1, 0.15) is 4.90 Å². The molecular formula is C13H24N4O2S. The van der Waals surface area contributed by atoms with Crippen LogP contribution >= 0.6 is 0 Å². The van der Waals surface area contributed by atoms with Crippen LogP contribution in [-0.2, 0) is 23.6 Å². The van der Waals surface area contributed by atoms with Crippen LogP contribution in [0, 0.1) is 0 Å². The van der Waals surface area contributed by atoms with E-state index in [0.717, 1.165) is 12.2 Å². The first-order chi connectivity index (χ1) is 9.36. The van der Waals surface area contributed by atoms with Crippen molar-refractivity contribution in [1.29, 1.82) is 0 Å². The summed E-state index contributed by atoms with van der Waals surface area (Å²) in [6.45, 7) is 4.59. The van der Waals surface area contributed by atoms with Gasteiger partial charge in [0, 0.05) is 51.2 Å². The molecule has 1 aromatic heterocycles. The van der Waals surface area contributed by atoms with Gasteiger partial charge in [-0.3, -0.25) is 0 Å². The second-order valence-electron chi connectivity index (χ2n) is 5.50. The molecule has 0 aromatic carbocycles. The molecule has 1 aliphatic rings. The lowest BCUT2D eigenvalue weighted by Crippen LogP contribution is -2.51. The normalized spacial score (nSPS) is 22.3. The number of nitrogens with zero attached hydrogens (tertiary/aromatic N) is 3. The van der Waals surface area contributed by atoms with Crippen molar-refractivity contribution < 1.29 is 8.42 Å². The maximum Gasteiger partial charge on any atom is 0.244 e. The Morgan fingerprint density at radius 1 is 1.35 bits per heavy atom. The highest BCUT2D eigenvalue weighted by Gasteiger charge is 2.31. The van der Waals surface area contributed by atoms with Crippen LogP contribution in [0.1, 0.15) is 12.6 Å². The van der Waals surface area contributed by atoms with E-state index in [9.17, 15) is 8.42 Å². The summed E-state index contributed by atoms with van der Waals surface area (Å²) in [5.74, 6) is 0. The SMILES string of the molecule is CNCc1cc(S(=O)(=O)N2CCN(C)C(C)C2)cn1C. The van der Waals surface area contributed by atoms with Crippen LogP contribution in [-0.4, -0.2) is 62.0 Å². The van der Waals surface area contributed by atoms with Gasteiger partial charge in [0.2, 0.25) is 10.0 Å².